The molecule has 0 saturated carbocycles. The summed E-state index contributed by atoms with van der Waals surface area (Å²) >= 11 is 5.78. The van der Waals surface area contributed by atoms with Crippen molar-refractivity contribution < 1.29 is 26.0 Å². The minimum Gasteiger partial charge on any atom is -0.280 e. The summed E-state index contributed by atoms with van der Waals surface area (Å²) < 4.78 is 64.8. The van der Waals surface area contributed by atoms with Crippen molar-refractivity contribution >= 4 is 43.2 Å². The highest BCUT2D eigenvalue weighted by molar-refractivity contribution is 7.92. The highest BCUT2D eigenvalue weighted by atomic mass is 35.5. The van der Waals surface area contributed by atoms with Gasteiger partial charge >= 0.3 is 0 Å². The summed E-state index contributed by atoms with van der Waals surface area (Å²) in [7, 11) is -8.17. The Hall–Kier alpha value is -2.99. The number of hydrogen-bond acceptors (Lipinski definition) is 5. The second kappa shape index (κ2) is 9.02. The summed E-state index contributed by atoms with van der Waals surface area (Å²) in [6.45, 7) is 0. The molecule has 0 aliphatic heterocycles. The third-order valence-corrected chi connectivity index (χ3v) is 6.82. The van der Waals surface area contributed by atoms with Gasteiger partial charge in [-0.25, -0.2) is 21.2 Å². The zero-order valence-electron chi connectivity index (χ0n) is 15.5. The monoisotopic (exact) mass is 483 g/mol. The van der Waals surface area contributed by atoms with Gasteiger partial charge in [-0.1, -0.05) is 17.7 Å². The van der Waals surface area contributed by atoms with Crippen LogP contribution in [-0.2, 0) is 20.0 Å². The summed E-state index contributed by atoms with van der Waals surface area (Å²) in [5.41, 5.74) is 2.15. The molecule has 0 aromatic heterocycles. The zero-order chi connectivity index (χ0) is 22.6. The van der Waals surface area contributed by atoms with Crippen molar-refractivity contribution in [2.45, 2.75) is 9.79 Å². The molecule has 0 aliphatic carbocycles. The van der Waals surface area contributed by atoms with Gasteiger partial charge in [0.1, 0.15) is 5.82 Å². The summed E-state index contributed by atoms with van der Waals surface area (Å²) in [6, 6.07) is 14.9. The fourth-order valence-corrected chi connectivity index (χ4v) is 4.46. The lowest BCUT2D eigenvalue weighted by atomic mass is 10.2. The molecule has 3 rings (SSSR count). The lowest BCUT2D eigenvalue weighted by Crippen LogP contribution is -2.41. The van der Waals surface area contributed by atoms with Gasteiger partial charge < -0.3 is 0 Å². The lowest BCUT2D eigenvalue weighted by molar-refractivity contribution is 0.0945. The van der Waals surface area contributed by atoms with E-state index < -0.39 is 31.8 Å². The summed E-state index contributed by atoms with van der Waals surface area (Å²) in [6.07, 6.45) is 0. The first-order valence-corrected chi connectivity index (χ1v) is 11.9. The van der Waals surface area contributed by atoms with Gasteiger partial charge in [-0.15, -0.1) is 4.83 Å². The lowest BCUT2D eigenvalue weighted by Gasteiger charge is -2.11. The highest BCUT2D eigenvalue weighted by Crippen LogP contribution is 2.19. The van der Waals surface area contributed by atoms with Crippen LogP contribution in [0.4, 0.5) is 10.1 Å². The fraction of sp³-hybridized carbons (Fsp3) is 0. The van der Waals surface area contributed by atoms with Crippen molar-refractivity contribution in [2.24, 2.45) is 0 Å². The number of anilines is 1. The number of nitrogens with one attached hydrogen (secondary N) is 3. The van der Waals surface area contributed by atoms with Crippen LogP contribution in [0.1, 0.15) is 10.4 Å². The third-order valence-electron chi connectivity index (χ3n) is 3.93. The summed E-state index contributed by atoms with van der Waals surface area (Å²) in [5.74, 6) is -1.51. The Morgan fingerprint density at radius 2 is 1.45 bits per heavy atom. The molecule has 0 fully saturated rings. The third kappa shape index (κ3) is 5.79. The number of sulfonamides is 2. The van der Waals surface area contributed by atoms with E-state index in [1.54, 1.807) is 0 Å². The molecule has 0 spiro atoms. The van der Waals surface area contributed by atoms with Gasteiger partial charge in [-0.3, -0.25) is 14.9 Å². The molecular weight excluding hydrogens is 469 g/mol. The van der Waals surface area contributed by atoms with Crippen molar-refractivity contribution in [3.05, 3.63) is 89.2 Å². The number of amides is 1. The molecule has 1 amide bonds. The van der Waals surface area contributed by atoms with E-state index in [2.05, 4.69) is 4.72 Å². The first-order chi connectivity index (χ1) is 14.6. The van der Waals surface area contributed by atoms with Crippen molar-refractivity contribution in [3.63, 3.8) is 0 Å². The number of carbonyl (C=O) groups is 1. The number of halogens is 2. The molecular formula is C19H15ClFN3O5S2. The SMILES string of the molecule is O=C(NNS(=O)(=O)c1ccc(F)cc1)c1cccc(S(=O)(=O)Nc2ccc(Cl)cc2)c1. The molecule has 3 aromatic rings. The maximum absolute atomic E-state index is 13.0. The number of rotatable bonds is 7. The molecule has 0 saturated heterocycles. The molecule has 0 atom stereocenters. The summed E-state index contributed by atoms with van der Waals surface area (Å²) in [5, 5.41) is 0.435. The van der Waals surface area contributed by atoms with Gasteiger partial charge in [-0.05, 0) is 66.7 Å². The van der Waals surface area contributed by atoms with Crippen molar-refractivity contribution in [3.8, 4) is 0 Å². The van der Waals surface area contributed by atoms with Gasteiger partial charge in [0, 0.05) is 16.3 Å². The van der Waals surface area contributed by atoms with Crippen LogP contribution in [0, 0.1) is 5.82 Å². The maximum Gasteiger partial charge on any atom is 0.266 e. The largest absolute Gasteiger partial charge is 0.280 e. The number of benzene rings is 3. The minimum absolute atomic E-state index is 0.110. The maximum atomic E-state index is 13.0. The van der Waals surface area contributed by atoms with E-state index in [0.717, 1.165) is 30.3 Å². The zero-order valence-corrected chi connectivity index (χ0v) is 17.9. The smallest absolute Gasteiger partial charge is 0.266 e. The van der Waals surface area contributed by atoms with E-state index in [0.29, 0.717) is 5.02 Å². The van der Waals surface area contributed by atoms with Crippen molar-refractivity contribution in [2.75, 3.05) is 4.72 Å². The highest BCUT2D eigenvalue weighted by Gasteiger charge is 2.19. The second-order valence-corrected chi connectivity index (χ2v) is 9.96. The molecule has 3 N–H and O–H groups in total. The molecule has 3 aromatic carbocycles. The predicted molar refractivity (Wildman–Crippen MR) is 113 cm³/mol. The van der Waals surface area contributed by atoms with Crippen LogP contribution in [0.3, 0.4) is 0 Å². The first-order valence-electron chi connectivity index (χ1n) is 8.53. The van der Waals surface area contributed by atoms with Gasteiger partial charge in [0.25, 0.3) is 26.0 Å². The average molecular weight is 484 g/mol. The molecule has 0 unspecified atom stereocenters. The molecule has 12 heteroatoms. The normalized spacial score (nSPS) is 11.7. The van der Waals surface area contributed by atoms with Gasteiger partial charge in [0.05, 0.1) is 9.79 Å². The van der Waals surface area contributed by atoms with Crippen LogP contribution in [-0.4, -0.2) is 22.7 Å². The molecule has 162 valence electrons. The van der Waals surface area contributed by atoms with E-state index in [1.165, 1.54) is 42.5 Å². The second-order valence-electron chi connectivity index (χ2n) is 6.15. The van der Waals surface area contributed by atoms with Crippen LogP contribution < -0.4 is 15.0 Å². The Balaban J connectivity index is 1.73. The fourth-order valence-electron chi connectivity index (χ4n) is 2.39. The predicted octanol–water partition coefficient (Wildman–Crippen LogP) is 2.90. The van der Waals surface area contributed by atoms with Crippen LogP contribution in [0.2, 0.25) is 5.02 Å². The number of hydrazine groups is 1. The van der Waals surface area contributed by atoms with Crippen molar-refractivity contribution in [1.82, 2.24) is 10.3 Å². The van der Waals surface area contributed by atoms with E-state index in [1.807, 2.05) is 10.3 Å². The molecule has 0 heterocycles. The average Bonchev–Trinajstić information content (AvgIpc) is 2.74. The van der Waals surface area contributed by atoms with Crippen LogP contribution in [0.25, 0.3) is 0 Å². The quantitative estimate of drug-likeness (QED) is 0.446. The van der Waals surface area contributed by atoms with Crippen molar-refractivity contribution in [1.29, 1.82) is 0 Å². The van der Waals surface area contributed by atoms with Gasteiger partial charge in [0.15, 0.2) is 0 Å². The minimum atomic E-state index is -4.15. The van der Waals surface area contributed by atoms with E-state index in [9.17, 15) is 26.0 Å². The van der Waals surface area contributed by atoms with Crippen LogP contribution >= 0.6 is 11.6 Å². The first kappa shape index (κ1) is 22.7. The molecule has 0 radical (unpaired) electrons. The molecule has 0 bridgehead atoms. The molecule has 0 aliphatic rings. The van der Waals surface area contributed by atoms with E-state index in [-0.39, 0.29) is 21.0 Å². The Morgan fingerprint density at radius 3 is 2.10 bits per heavy atom. The Labute approximate surface area is 183 Å². The number of hydrogen-bond donors (Lipinski definition) is 3. The molecule has 8 nitrogen and oxygen atoms in total. The van der Waals surface area contributed by atoms with E-state index >= 15 is 0 Å². The van der Waals surface area contributed by atoms with Crippen LogP contribution in [0.15, 0.2) is 82.6 Å². The Kier molecular flexibility index (Phi) is 6.60. The Morgan fingerprint density at radius 1 is 0.806 bits per heavy atom. The van der Waals surface area contributed by atoms with Gasteiger partial charge in [0.2, 0.25) is 0 Å². The standard InChI is InChI=1S/C19H15ClFN3O5S2/c20-14-4-8-16(9-5-14)23-30(26,27)18-3-1-2-13(12-18)19(25)22-24-31(28,29)17-10-6-15(21)7-11-17/h1-12,23-24H,(H,22,25). The Bertz CT molecular complexity index is 1310. The molecule has 31 heavy (non-hydrogen) atoms. The van der Waals surface area contributed by atoms with Crippen LogP contribution in [0.5, 0.6) is 0 Å². The topological polar surface area (TPSA) is 121 Å². The van der Waals surface area contributed by atoms with Gasteiger partial charge in [-0.2, -0.15) is 0 Å². The number of carbonyl (C=O) groups excluding carboxylic acids is 1. The van der Waals surface area contributed by atoms with E-state index in [4.69, 9.17) is 11.6 Å². The summed E-state index contributed by atoms with van der Waals surface area (Å²) in [4.78, 5) is 13.7.